The molecule has 0 unspecified atom stereocenters. The molecule has 1 saturated heterocycles. The number of aromatic nitrogens is 2. The van der Waals surface area contributed by atoms with Crippen LogP contribution in [-0.4, -0.2) is 39.0 Å². The van der Waals surface area contributed by atoms with Crippen LogP contribution in [0.3, 0.4) is 0 Å². The van der Waals surface area contributed by atoms with Crippen molar-refractivity contribution in [2.75, 3.05) is 13.1 Å². The van der Waals surface area contributed by atoms with Crippen LogP contribution in [0.25, 0.3) is 10.6 Å². The van der Waals surface area contributed by atoms with Gasteiger partial charge in [0.05, 0.1) is 10.9 Å². The van der Waals surface area contributed by atoms with Gasteiger partial charge in [-0.1, -0.05) is 23.2 Å². The van der Waals surface area contributed by atoms with Crippen LogP contribution < -0.4 is 0 Å². The van der Waals surface area contributed by atoms with Crippen LogP contribution in [-0.2, 0) is 4.74 Å². The Bertz CT molecular complexity index is 767. The lowest BCUT2D eigenvalue weighted by Crippen LogP contribution is -2.50. The molecule has 0 bridgehead atoms. The maximum Gasteiger partial charge on any atom is 0.410 e. The molecular formula is C16H17Cl2N3O2S. The van der Waals surface area contributed by atoms with Gasteiger partial charge in [0.25, 0.3) is 0 Å². The monoisotopic (exact) mass is 385 g/mol. The molecule has 8 heteroatoms. The van der Waals surface area contributed by atoms with Gasteiger partial charge in [-0.05, 0) is 50.5 Å². The Morgan fingerprint density at radius 2 is 2.04 bits per heavy atom. The van der Waals surface area contributed by atoms with Gasteiger partial charge in [0.2, 0.25) is 0 Å². The number of hydrogen-bond donors (Lipinski definition) is 0. The van der Waals surface area contributed by atoms with E-state index in [0.29, 0.717) is 23.1 Å². The first kappa shape index (κ1) is 17.5. The fourth-order valence-corrected chi connectivity index (χ4v) is 3.63. The number of carbonyl (C=O) groups excluding carboxylic acids is 1. The van der Waals surface area contributed by atoms with Crippen LogP contribution in [0.15, 0.2) is 18.2 Å². The Balaban J connectivity index is 1.65. The summed E-state index contributed by atoms with van der Waals surface area (Å²) in [6, 6.07) is 5.30. The SMILES string of the molecule is CC(C)(C)OC(=O)N1CC(c2nsc(-c3ccc(Cl)cc3Cl)n2)C1. The quantitative estimate of drug-likeness (QED) is 0.741. The molecule has 1 fully saturated rings. The van der Waals surface area contributed by atoms with E-state index < -0.39 is 5.60 Å². The molecule has 1 amide bonds. The summed E-state index contributed by atoms with van der Waals surface area (Å²) in [5, 5.41) is 1.89. The van der Waals surface area contributed by atoms with Crippen LogP contribution in [0.4, 0.5) is 4.79 Å². The highest BCUT2D eigenvalue weighted by Gasteiger charge is 2.36. The Hall–Kier alpha value is -1.37. The summed E-state index contributed by atoms with van der Waals surface area (Å²) in [6.07, 6.45) is -0.296. The summed E-state index contributed by atoms with van der Waals surface area (Å²) in [6.45, 7) is 6.70. The highest BCUT2D eigenvalue weighted by molar-refractivity contribution is 7.09. The van der Waals surface area contributed by atoms with Crippen molar-refractivity contribution in [2.24, 2.45) is 0 Å². The van der Waals surface area contributed by atoms with Crippen molar-refractivity contribution in [1.29, 1.82) is 0 Å². The number of halogens is 2. The summed E-state index contributed by atoms with van der Waals surface area (Å²) in [4.78, 5) is 18.2. The molecule has 1 aromatic carbocycles. The number of carbonyl (C=O) groups is 1. The van der Waals surface area contributed by atoms with Gasteiger partial charge in [0.15, 0.2) is 0 Å². The second-order valence-electron chi connectivity index (χ2n) is 6.66. The van der Waals surface area contributed by atoms with Crippen LogP contribution >= 0.6 is 34.7 Å². The molecule has 0 aliphatic carbocycles. The van der Waals surface area contributed by atoms with E-state index in [0.717, 1.165) is 16.4 Å². The summed E-state index contributed by atoms with van der Waals surface area (Å²) in [5.41, 5.74) is 0.327. The lowest BCUT2D eigenvalue weighted by atomic mass is 10.0. The number of hydrogen-bond acceptors (Lipinski definition) is 5. The van der Waals surface area contributed by atoms with E-state index in [1.807, 2.05) is 26.8 Å². The van der Waals surface area contributed by atoms with E-state index in [9.17, 15) is 4.79 Å². The number of nitrogens with zero attached hydrogens (tertiary/aromatic N) is 3. The van der Waals surface area contributed by atoms with Crippen molar-refractivity contribution in [1.82, 2.24) is 14.3 Å². The smallest absolute Gasteiger partial charge is 0.410 e. The van der Waals surface area contributed by atoms with E-state index in [1.54, 1.807) is 17.0 Å². The Morgan fingerprint density at radius 3 is 2.67 bits per heavy atom. The van der Waals surface area contributed by atoms with E-state index in [2.05, 4.69) is 9.36 Å². The van der Waals surface area contributed by atoms with E-state index >= 15 is 0 Å². The molecule has 2 aromatic rings. The van der Waals surface area contributed by atoms with Crippen molar-refractivity contribution >= 4 is 40.8 Å². The normalized spacial score (nSPS) is 15.3. The molecule has 5 nitrogen and oxygen atoms in total. The molecule has 1 aromatic heterocycles. The Labute approximate surface area is 154 Å². The molecule has 24 heavy (non-hydrogen) atoms. The van der Waals surface area contributed by atoms with Crippen molar-refractivity contribution in [3.8, 4) is 10.6 Å². The maximum atomic E-state index is 12.0. The standard InChI is InChI=1S/C16H17Cl2N3O2S/c1-16(2,3)23-15(22)21-7-9(8-21)13-19-14(24-20-13)11-5-4-10(17)6-12(11)18/h4-6,9H,7-8H2,1-3H3. The molecule has 0 spiro atoms. The molecule has 0 saturated carbocycles. The zero-order valence-electron chi connectivity index (χ0n) is 13.5. The molecular weight excluding hydrogens is 369 g/mol. The summed E-state index contributed by atoms with van der Waals surface area (Å²) in [7, 11) is 0. The third kappa shape index (κ3) is 3.82. The largest absolute Gasteiger partial charge is 0.444 e. The number of ether oxygens (including phenoxy) is 1. The minimum atomic E-state index is -0.487. The van der Waals surface area contributed by atoms with Crippen molar-refractivity contribution in [3.63, 3.8) is 0 Å². The number of benzene rings is 1. The fraction of sp³-hybridized carbons (Fsp3) is 0.438. The molecule has 0 atom stereocenters. The third-order valence-electron chi connectivity index (χ3n) is 3.50. The summed E-state index contributed by atoms with van der Waals surface area (Å²) >= 11 is 13.4. The van der Waals surface area contributed by atoms with Crippen molar-refractivity contribution in [3.05, 3.63) is 34.1 Å². The number of amides is 1. The number of likely N-dealkylation sites (tertiary alicyclic amines) is 1. The van der Waals surface area contributed by atoms with Gasteiger partial charge in [-0.25, -0.2) is 9.78 Å². The summed E-state index contributed by atoms with van der Waals surface area (Å²) in [5.74, 6) is 0.870. The van der Waals surface area contributed by atoms with Gasteiger partial charge in [-0.15, -0.1) is 0 Å². The first-order chi connectivity index (χ1) is 11.2. The maximum absolute atomic E-state index is 12.0. The van der Waals surface area contributed by atoms with Crippen LogP contribution in [0.5, 0.6) is 0 Å². The molecule has 0 N–H and O–H groups in total. The number of rotatable bonds is 2. The zero-order valence-corrected chi connectivity index (χ0v) is 15.9. The minimum absolute atomic E-state index is 0.133. The molecule has 2 heterocycles. The summed E-state index contributed by atoms with van der Waals surface area (Å²) < 4.78 is 9.75. The topological polar surface area (TPSA) is 55.3 Å². The zero-order chi connectivity index (χ0) is 17.5. The average molecular weight is 386 g/mol. The van der Waals surface area contributed by atoms with Gasteiger partial charge in [0.1, 0.15) is 16.4 Å². The van der Waals surface area contributed by atoms with Crippen LogP contribution in [0.2, 0.25) is 10.0 Å². The van der Waals surface area contributed by atoms with E-state index in [-0.39, 0.29) is 12.0 Å². The Kier molecular flexibility index (Phi) is 4.73. The average Bonchev–Trinajstić information content (AvgIpc) is 2.83. The minimum Gasteiger partial charge on any atom is -0.444 e. The van der Waals surface area contributed by atoms with Gasteiger partial charge >= 0.3 is 6.09 Å². The Morgan fingerprint density at radius 1 is 1.33 bits per heavy atom. The molecule has 3 rings (SSSR count). The highest BCUT2D eigenvalue weighted by Crippen LogP contribution is 2.34. The first-order valence-electron chi connectivity index (χ1n) is 7.50. The van der Waals surface area contributed by atoms with Gasteiger partial charge < -0.3 is 9.64 Å². The highest BCUT2D eigenvalue weighted by atomic mass is 35.5. The van der Waals surface area contributed by atoms with Crippen LogP contribution in [0.1, 0.15) is 32.5 Å². The van der Waals surface area contributed by atoms with Gasteiger partial charge in [0, 0.05) is 23.7 Å². The van der Waals surface area contributed by atoms with Gasteiger partial charge in [-0.3, -0.25) is 0 Å². The molecule has 1 aliphatic rings. The molecule has 0 radical (unpaired) electrons. The second kappa shape index (κ2) is 6.50. The van der Waals surface area contributed by atoms with Crippen LogP contribution in [0, 0.1) is 0 Å². The second-order valence-corrected chi connectivity index (χ2v) is 8.26. The predicted octanol–water partition coefficient (Wildman–Crippen LogP) is 4.85. The molecule has 1 aliphatic heterocycles. The third-order valence-corrected chi connectivity index (χ3v) is 4.81. The lowest BCUT2D eigenvalue weighted by Gasteiger charge is -2.38. The first-order valence-corrected chi connectivity index (χ1v) is 9.03. The fourth-order valence-electron chi connectivity index (χ4n) is 2.29. The lowest BCUT2D eigenvalue weighted by molar-refractivity contribution is 0.00762. The van der Waals surface area contributed by atoms with Crippen molar-refractivity contribution < 1.29 is 9.53 Å². The molecule has 128 valence electrons. The van der Waals surface area contributed by atoms with Crippen molar-refractivity contribution in [2.45, 2.75) is 32.3 Å². The van der Waals surface area contributed by atoms with E-state index in [1.165, 1.54) is 11.5 Å². The van der Waals surface area contributed by atoms with E-state index in [4.69, 9.17) is 27.9 Å². The predicted molar refractivity (Wildman–Crippen MR) is 95.9 cm³/mol. The van der Waals surface area contributed by atoms with Gasteiger partial charge in [-0.2, -0.15) is 4.37 Å².